The first kappa shape index (κ1) is 19.6. The Balaban J connectivity index is 1.49. The number of fused-ring (bicyclic) bond motifs is 2. The number of carbonyl (C=O) groups excluding carboxylic acids is 1. The first-order valence-corrected chi connectivity index (χ1v) is 10.1. The van der Waals surface area contributed by atoms with E-state index >= 15 is 0 Å². The van der Waals surface area contributed by atoms with E-state index in [-0.39, 0.29) is 24.4 Å². The summed E-state index contributed by atoms with van der Waals surface area (Å²) < 4.78 is 30.1. The molecule has 1 atom stereocenters. The maximum absolute atomic E-state index is 13.8. The number of nitrogens with zero attached hydrogens (tertiary/aromatic N) is 3. The smallest absolute Gasteiger partial charge is 0.262 e. The summed E-state index contributed by atoms with van der Waals surface area (Å²) in [6.45, 7) is 2.42. The minimum Gasteiger partial charge on any atom is -0.489 e. The van der Waals surface area contributed by atoms with Gasteiger partial charge in [0.25, 0.3) is 5.91 Å². The van der Waals surface area contributed by atoms with Crippen LogP contribution in [-0.2, 0) is 17.8 Å². The molecule has 3 heterocycles. The Morgan fingerprint density at radius 1 is 1.29 bits per heavy atom. The molecule has 5 rings (SSSR count). The number of halogens is 2. The van der Waals surface area contributed by atoms with Crippen molar-refractivity contribution in [2.75, 3.05) is 23.4 Å². The normalized spacial score (nSPS) is 17.3. The van der Waals surface area contributed by atoms with Crippen LogP contribution in [0.1, 0.15) is 17.3 Å². The molecular formula is C21H18ClFN4O4. The summed E-state index contributed by atoms with van der Waals surface area (Å²) in [5.74, 6) is 1.35. The number of aromatic nitrogens is 2. The van der Waals surface area contributed by atoms with E-state index in [0.717, 1.165) is 11.3 Å². The van der Waals surface area contributed by atoms with Gasteiger partial charge in [-0.3, -0.25) is 4.79 Å². The highest BCUT2D eigenvalue weighted by atomic mass is 35.5. The van der Waals surface area contributed by atoms with Gasteiger partial charge in [0, 0.05) is 26.0 Å². The SMILES string of the molecule is Cc1nc(CC2COc3cc(F)ccc3N2Cc2cc(Cl)c3c(c2)NC(=O)CO3)no1. The van der Waals surface area contributed by atoms with Crippen molar-refractivity contribution in [1.29, 1.82) is 0 Å². The van der Waals surface area contributed by atoms with E-state index in [9.17, 15) is 9.18 Å². The molecule has 2 aliphatic heterocycles. The van der Waals surface area contributed by atoms with Gasteiger partial charge in [0.15, 0.2) is 18.2 Å². The van der Waals surface area contributed by atoms with Crippen molar-refractivity contribution in [2.24, 2.45) is 0 Å². The summed E-state index contributed by atoms with van der Waals surface area (Å²) in [6.07, 6.45) is 0.479. The van der Waals surface area contributed by atoms with Crippen molar-refractivity contribution in [3.8, 4) is 11.5 Å². The molecule has 2 aromatic carbocycles. The fraction of sp³-hybridized carbons (Fsp3) is 0.286. The minimum atomic E-state index is -0.373. The van der Waals surface area contributed by atoms with Gasteiger partial charge < -0.3 is 24.2 Å². The van der Waals surface area contributed by atoms with E-state index in [1.807, 2.05) is 6.07 Å². The highest BCUT2D eigenvalue weighted by molar-refractivity contribution is 6.33. The van der Waals surface area contributed by atoms with E-state index in [2.05, 4.69) is 20.4 Å². The molecule has 10 heteroatoms. The standard InChI is InChI=1S/C21H18ClFN4O4/c1-11-24-19(26-31-11)7-14-9-29-18-6-13(23)2-3-17(18)27(14)8-12-4-15(22)21-16(5-12)25-20(28)10-30-21/h2-6,14H,7-10H2,1H3,(H,25,28). The molecule has 8 nitrogen and oxygen atoms in total. The minimum absolute atomic E-state index is 0.0688. The van der Waals surface area contributed by atoms with Crippen molar-refractivity contribution >= 4 is 28.9 Å². The number of benzene rings is 2. The quantitative estimate of drug-likeness (QED) is 0.658. The second kappa shape index (κ2) is 7.73. The molecule has 160 valence electrons. The highest BCUT2D eigenvalue weighted by Crippen LogP contribution is 2.40. The Hall–Kier alpha value is -3.33. The van der Waals surface area contributed by atoms with Gasteiger partial charge in [-0.1, -0.05) is 16.8 Å². The Morgan fingerprint density at radius 3 is 2.97 bits per heavy atom. The summed E-state index contributed by atoms with van der Waals surface area (Å²) >= 11 is 6.40. The lowest BCUT2D eigenvalue weighted by Crippen LogP contribution is -2.44. The molecule has 0 saturated heterocycles. The van der Waals surface area contributed by atoms with Crippen molar-refractivity contribution in [3.05, 3.63) is 58.5 Å². The van der Waals surface area contributed by atoms with Crippen molar-refractivity contribution in [3.63, 3.8) is 0 Å². The number of ether oxygens (including phenoxy) is 2. The Labute approximate surface area is 181 Å². The van der Waals surface area contributed by atoms with Crippen LogP contribution in [0, 0.1) is 12.7 Å². The largest absolute Gasteiger partial charge is 0.489 e. The Kier molecular flexibility index (Phi) is 4.90. The maximum atomic E-state index is 13.8. The lowest BCUT2D eigenvalue weighted by molar-refractivity contribution is -0.118. The molecule has 0 fully saturated rings. The number of carbonyl (C=O) groups is 1. The molecule has 0 spiro atoms. The third-order valence-electron chi connectivity index (χ3n) is 5.17. The molecule has 0 saturated carbocycles. The van der Waals surface area contributed by atoms with E-state index in [4.69, 9.17) is 25.6 Å². The number of amides is 1. The first-order chi connectivity index (χ1) is 15.0. The molecule has 3 aromatic rings. The van der Waals surface area contributed by atoms with Crippen LogP contribution in [0.15, 0.2) is 34.9 Å². The van der Waals surface area contributed by atoms with Gasteiger partial charge in [-0.05, 0) is 29.8 Å². The number of nitrogens with one attached hydrogen (secondary N) is 1. The van der Waals surface area contributed by atoms with E-state index in [1.165, 1.54) is 12.1 Å². The molecule has 1 aromatic heterocycles. The number of anilines is 2. The molecule has 0 bridgehead atoms. The number of rotatable bonds is 4. The number of aryl methyl sites for hydroxylation is 1. The third-order valence-corrected chi connectivity index (χ3v) is 5.45. The van der Waals surface area contributed by atoms with Crippen LogP contribution < -0.4 is 19.7 Å². The Bertz CT molecular complexity index is 1170. The van der Waals surface area contributed by atoms with Gasteiger partial charge in [-0.25, -0.2) is 4.39 Å². The fourth-order valence-electron chi connectivity index (χ4n) is 3.83. The monoisotopic (exact) mass is 444 g/mol. The lowest BCUT2D eigenvalue weighted by atomic mass is 10.1. The average Bonchev–Trinajstić information content (AvgIpc) is 3.14. The molecule has 0 radical (unpaired) electrons. The van der Waals surface area contributed by atoms with Crippen LogP contribution in [0.2, 0.25) is 5.02 Å². The van der Waals surface area contributed by atoms with Gasteiger partial charge in [-0.2, -0.15) is 4.98 Å². The summed E-state index contributed by atoms with van der Waals surface area (Å²) in [6, 6.07) is 7.94. The Morgan fingerprint density at radius 2 is 2.16 bits per heavy atom. The molecule has 1 unspecified atom stereocenters. The molecule has 1 amide bonds. The van der Waals surface area contributed by atoms with Crippen LogP contribution in [0.25, 0.3) is 0 Å². The lowest BCUT2D eigenvalue weighted by Gasteiger charge is -2.38. The second-order valence-electron chi connectivity index (χ2n) is 7.43. The van der Waals surface area contributed by atoms with Gasteiger partial charge in [0.05, 0.1) is 22.4 Å². The molecule has 31 heavy (non-hydrogen) atoms. The van der Waals surface area contributed by atoms with Gasteiger partial charge >= 0.3 is 0 Å². The first-order valence-electron chi connectivity index (χ1n) is 9.69. The number of hydrogen-bond donors (Lipinski definition) is 1. The van der Waals surface area contributed by atoms with Crippen molar-refractivity contribution in [2.45, 2.75) is 25.9 Å². The van der Waals surface area contributed by atoms with Gasteiger partial charge in [0.1, 0.15) is 18.2 Å². The second-order valence-corrected chi connectivity index (χ2v) is 7.84. The molecule has 1 N–H and O–H groups in total. The van der Waals surface area contributed by atoms with Gasteiger partial charge in [0.2, 0.25) is 5.89 Å². The fourth-order valence-corrected chi connectivity index (χ4v) is 4.13. The topological polar surface area (TPSA) is 89.7 Å². The molecular weight excluding hydrogens is 427 g/mol. The van der Waals surface area contributed by atoms with Crippen LogP contribution in [0.3, 0.4) is 0 Å². The maximum Gasteiger partial charge on any atom is 0.262 e. The zero-order valence-corrected chi connectivity index (χ0v) is 17.3. The predicted molar refractivity (Wildman–Crippen MR) is 110 cm³/mol. The van der Waals surface area contributed by atoms with E-state index in [1.54, 1.807) is 19.1 Å². The van der Waals surface area contributed by atoms with Crippen LogP contribution in [-0.4, -0.2) is 35.3 Å². The highest BCUT2D eigenvalue weighted by Gasteiger charge is 2.30. The van der Waals surface area contributed by atoms with Crippen molar-refractivity contribution in [1.82, 2.24) is 10.1 Å². The average molecular weight is 445 g/mol. The third kappa shape index (κ3) is 3.88. The summed E-state index contributed by atoms with van der Waals surface area (Å²) in [4.78, 5) is 18.1. The van der Waals surface area contributed by atoms with Crippen LogP contribution in [0.4, 0.5) is 15.8 Å². The zero-order chi connectivity index (χ0) is 21.5. The van der Waals surface area contributed by atoms with Gasteiger partial charge in [-0.15, -0.1) is 0 Å². The predicted octanol–water partition coefficient (Wildman–Crippen LogP) is 3.51. The zero-order valence-electron chi connectivity index (χ0n) is 16.5. The van der Waals surface area contributed by atoms with Crippen LogP contribution >= 0.6 is 11.6 Å². The molecule has 0 aliphatic carbocycles. The molecule has 2 aliphatic rings. The van der Waals surface area contributed by atoms with Crippen LogP contribution in [0.5, 0.6) is 11.5 Å². The summed E-state index contributed by atoms with van der Waals surface area (Å²) in [7, 11) is 0. The van der Waals surface area contributed by atoms with Crippen molar-refractivity contribution < 1.29 is 23.2 Å². The number of hydrogen-bond acceptors (Lipinski definition) is 7. The van der Waals surface area contributed by atoms with E-state index < -0.39 is 0 Å². The van der Waals surface area contributed by atoms with E-state index in [0.29, 0.717) is 53.5 Å². The summed E-state index contributed by atoms with van der Waals surface area (Å²) in [5.41, 5.74) is 2.12. The summed E-state index contributed by atoms with van der Waals surface area (Å²) in [5, 5.41) is 7.18.